The van der Waals surface area contributed by atoms with Crippen LogP contribution in [0.5, 0.6) is 5.75 Å². The van der Waals surface area contributed by atoms with Gasteiger partial charge in [-0.05, 0) is 52.6 Å². The van der Waals surface area contributed by atoms with E-state index in [-0.39, 0.29) is 0 Å². The number of nitrogens with zero attached hydrogens (tertiary/aromatic N) is 2. The Bertz CT molecular complexity index is 538. The van der Waals surface area contributed by atoms with E-state index in [1.54, 1.807) is 25.1 Å². The average Bonchev–Trinajstić information content (AvgIpc) is 2.44. The molecule has 0 aromatic heterocycles. The number of hydrogen-bond donors (Lipinski definition) is 1. The van der Waals surface area contributed by atoms with Crippen LogP contribution in [-0.4, -0.2) is 56.2 Å². The van der Waals surface area contributed by atoms with Gasteiger partial charge >= 0.3 is 6.09 Å². The molecule has 23 heavy (non-hydrogen) atoms. The van der Waals surface area contributed by atoms with Crippen molar-refractivity contribution in [1.82, 2.24) is 4.90 Å². The zero-order valence-electron chi connectivity index (χ0n) is 15.1. The van der Waals surface area contributed by atoms with Crippen LogP contribution in [0.3, 0.4) is 0 Å². The predicted octanol–water partition coefficient (Wildman–Crippen LogP) is 2.49. The molecule has 1 aromatic rings. The molecule has 1 aromatic carbocycles. The number of carbonyl (C=O) groups is 1. The third-order valence-corrected chi connectivity index (χ3v) is 3.29. The minimum Gasteiger partial charge on any atom is -0.495 e. The molecule has 6 nitrogen and oxygen atoms in total. The number of methoxy groups -OCH3 is 1. The number of rotatable bonds is 5. The van der Waals surface area contributed by atoms with Crippen molar-refractivity contribution < 1.29 is 19.4 Å². The lowest BCUT2D eigenvalue weighted by molar-refractivity contribution is 0.0413. The molecule has 6 heteroatoms. The first-order valence-corrected chi connectivity index (χ1v) is 7.53. The van der Waals surface area contributed by atoms with Gasteiger partial charge in [0.2, 0.25) is 0 Å². The monoisotopic (exact) mass is 324 g/mol. The molecule has 0 bridgehead atoms. The van der Waals surface area contributed by atoms with Gasteiger partial charge in [-0.1, -0.05) is 6.07 Å². The van der Waals surface area contributed by atoms with Gasteiger partial charge in [-0.15, -0.1) is 0 Å². The summed E-state index contributed by atoms with van der Waals surface area (Å²) < 4.78 is 10.7. The zero-order valence-corrected chi connectivity index (χ0v) is 15.1. The summed E-state index contributed by atoms with van der Waals surface area (Å²) in [7, 11) is 6.80. The highest BCUT2D eigenvalue weighted by molar-refractivity contribution is 5.89. The van der Waals surface area contributed by atoms with Crippen molar-refractivity contribution in [3.63, 3.8) is 0 Å². The highest BCUT2D eigenvalue weighted by atomic mass is 16.6. The molecule has 0 radical (unpaired) electrons. The molecule has 130 valence electrons. The smallest absolute Gasteiger partial charge is 0.414 e. The SMILES string of the molecule is COc1ccc(CC(O)N(C)C)cc1N(C)C(=O)OC(C)(C)C. The molecule has 1 unspecified atom stereocenters. The van der Waals surface area contributed by atoms with Crippen LogP contribution in [0.4, 0.5) is 10.5 Å². The van der Waals surface area contributed by atoms with E-state index in [4.69, 9.17) is 9.47 Å². The van der Waals surface area contributed by atoms with E-state index in [0.29, 0.717) is 17.9 Å². The van der Waals surface area contributed by atoms with Crippen molar-refractivity contribution in [3.05, 3.63) is 23.8 Å². The van der Waals surface area contributed by atoms with E-state index >= 15 is 0 Å². The molecule has 0 aliphatic rings. The van der Waals surface area contributed by atoms with Gasteiger partial charge in [0.25, 0.3) is 0 Å². The number of amides is 1. The summed E-state index contributed by atoms with van der Waals surface area (Å²) in [4.78, 5) is 15.4. The Balaban J connectivity index is 3.05. The first-order chi connectivity index (χ1) is 10.5. The summed E-state index contributed by atoms with van der Waals surface area (Å²) in [6, 6.07) is 5.49. The van der Waals surface area contributed by atoms with Crippen molar-refractivity contribution in [2.45, 2.75) is 39.0 Å². The normalized spacial score (nSPS) is 12.9. The van der Waals surface area contributed by atoms with Crippen LogP contribution < -0.4 is 9.64 Å². The minimum absolute atomic E-state index is 0.451. The van der Waals surface area contributed by atoms with E-state index in [0.717, 1.165) is 5.56 Å². The van der Waals surface area contributed by atoms with E-state index < -0.39 is 17.9 Å². The molecule has 1 N–H and O–H groups in total. The van der Waals surface area contributed by atoms with Gasteiger partial charge < -0.3 is 14.6 Å². The molecule has 1 amide bonds. The lowest BCUT2D eigenvalue weighted by Crippen LogP contribution is -2.34. The van der Waals surface area contributed by atoms with Gasteiger partial charge in [-0.2, -0.15) is 0 Å². The van der Waals surface area contributed by atoms with Crippen LogP contribution in [0.2, 0.25) is 0 Å². The molecule has 0 aliphatic carbocycles. The van der Waals surface area contributed by atoms with E-state index in [9.17, 15) is 9.90 Å². The Kier molecular flexibility index (Phi) is 6.41. The number of carbonyl (C=O) groups excluding carboxylic acids is 1. The van der Waals surface area contributed by atoms with Gasteiger partial charge in [-0.3, -0.25) is 9.80 Å². The second-order valence-electron chi connectivity index (χ2n) is 6.69. The quantitative estimate of drug-likeness (QED) is 0.843. The number of anilines is 1. The second-order valence-corrected chi connectivity index (χ2v) is 6.69. The average molecular weight is 324 g/mol. The second kappa shape index (κ2) is 7.66. The molecule has 0 fully saturated rings. The zero-order chi connectivity index (χ0) is 17.8. The van der Waals surface area contributed by atoms with Gasteiger partial charge in [0.1, 0.15) is 17.6 Å². The van der Waals surface area contributed by atoms with Gasteiger partial charge in [0.15, 0.2) is 0 Å². The van der Waals surface area contributed by atoms with Crippen LogP contribution in [-0.2, 0) is 11.2 Å². The molecular weight excluding hydrogens is 296 g/mol. The largest absolute Gasteiger partial charge is 0.495 e. The van der Waals surface area contributed by atoms with Crippen LogP contribution in [0.25, 0.3) is 0 Å². The lowest BCUT2D eigenvalue weighted by atomic mass is 10.1. The van der Waals surface area contributed by atoms with Crippen molar-refractivity contribution in [1.29, 1.82) is 0 Å². The van der Waals surface area contributed by atoms with Crippen molar-refractivity contribution in [3.8, 4) is 5.75 Å². The topological polar surface area (TPSA) is 62.2 Å². The molecule has 1 rings (SSSR count). The van der Waals surface area contributed by atoms with Crippen molar-refractivity contribution in [2.75, 3.05) is 33.2 Å². The summed E-state index contributed by atoms with van der Waals surface area (Å²) in [6.45, 7) is 5.46. The van der Waals surface area contributed by atoms with E-state index in [1.165, 1.54) is 4.90 Å². The lowest BCUT2D eigenvalue weighted by Gasteiger charge is -2.26. The maximum absolute atomic E-state index is 12.3. The molecule has 0 spiro atoms. The molecule has 0 saturated carbocycles. The Morgan fingerprint density at radius 1 is 1.26 bits per heavy atom. The van der Waals surface area contributed by atoms with Gasteiger partial charge in [-0.25, -0.2) is 4.79 Å². The number of aliphatic hydroxyl groups is 1. The number of ether oxygens (including phenoxy) is 2. The van der Waals surface area contributed by atoms with Gasteiger partial charge in [0, 0.05) is 13.5 Å². The molecule has 0 saturated heterocycles. The van der Waals surface area contributed by atoms with E-state index in [1.807, 2.05) is 47.0 Å². The Morgan fingerprint density at radius 3 is 2.35 bits per heavy atom. The van der Waals surface area contributed by atoms with Crippen molar-refractivity contribution in [2.24, 2.45) is 0 Å². The fraction of sp³-hybridized carbons (Fsp3) is 0.588. The van der Waals surface area contributed by atoms with Crippen LogP contribution in [0, 0.1) is 0 Å². The van der Waals surface area contributed by atoms with Gasteiger partial charge in [0.05, 0.1) is 12.8 Å². The Morgan fingerprint density at radius 2 is 1.87 bits per heavy atom. The third-order valence-electron chi connectivity index (χ3n) is 3.29. The fourth-order valence-corrected chi connectivity index (χ4v) is 1.95. The number of likely N-dealkylation sites (N-methyl/N-ethyl adjacent to an activating group) is 1. The summed E-state index contributed by atoms with van der Waals surface area (Å²) in [5.74, 6) is 0.571. The van der Waals surface area contributed by atoms with E-state index in [2.05, 4.69) is 0 Å². The first kappa shape index (κ1) is 19.3. The summed E-state index contributed by atoms with van der Waals surface area (Å²) in [6.07, 6.45) is -0.601. The highest BCUT2D eigenvalue weighted by Gasteiger charge is 2.23. The molecular formula is C17H28N2O4. The molecule has 1 atom stereocenters. The number of aliphatic hydroxyl groups excluding tert-OH is 1. The summed E-state index contributed by atoms with van der Waals surface area (Å²) in [5.41, 5.74) is 0.930. The summed E-state index contributed by atoms with van der Waals surface area (Å²) >= 11 is 0. The standard InChI is InChI=1S/C17H28N2O4/c1-17(2,3)23-16(21)19(6)13-10-12(8-9-14(13)22-7)11-15(20)18(4)5/h8-10,15,20H,11H2,1-7H3. The van der Waals surface area contributed by atoms with Crippen molar-refractivity contribution >= 4 is 11.8 Å². The summed E-state index contributed by atoms with van der Waals surface area (Å²) in [5, 5.41) is 9.99. The highest BCUT2D eigenvalue weighted by Crippen LogP contribution is 2.30. The Labute approximate surface area is 138 Å². The number of hydrogen-bond acceptors (Lipinski definition) is 5. The first-order valence-electron chi connectivity index (χ1n) is 7.53. The maximum Gasteiger partial charge on any atom is 0.414 e. The predicted molar refractivity (Wildman–Crippen MR) is 91.0 cm³/mol. The van der Waals surface area contributed by atoms with Crippen LogP contribution in [0.1, 0.15) is 26.3 Å². The third kappa shape index (κ3) is 5.73. The minimum atomic E-state index is -0.594. The maximum atomic E-state index is 12.3. The molecule has 0 aliphatic heterocycles. The van der Waals surface area contributed by atoms with Crippen LogP contribution >= 0.6 is 0 Å². The van der Waals surface area contributed by atoms with Crippen LogP contribution in [0.15, 0.2) is 18.2 Å². The number of benzene rings is 1. The Hall–Kier alpha value is -1.79. The fourth-order valence-electron chi connectivity index (χ4n) is 1.95. The molecule has 0 heterocycles.